The van der Waals surface area contributed by atoms with Gasteiger partial charge in [0.1, 0.15) is 0 Å². The fourth-order valence-electron chi connectivity index (χ4n) is 4.77. The van der Waals surface area contributed by atoms with Crippen LogP contribution in [0.5, 0.6) is 11.5 Å². The maximum Gasteiger partial charge on any atom is 0.222 e. The molecule has 0 aromatic heterocycles. The smallest absolute Gasteiger partial charge is 0.222 e. The van der Waals surface area contributed by atoms with Crippen molar-refractivity contribution in [2.45, 2.75) is 50.6 Å². The highest BCUT2D eigenvalue weighted by Gasteiger charge is 2.38. The molecule has 31 heavy (non-hydrogen) atoms. The number of fused-ring (bicyclic) bond motifs is 1. The number of carbonyl (C=O) groups excluding carboxylic acids is 2. The Labute approximate surface area is 183 Å². The van der Waals surface area contributed by atoms with Crippen molar-refractivity contribution in [3.05, 3.63) is 59.2 Å². The lowest BCUT2D eigenvalue weighted by molar-refractivity contribution is -0.132. The van der Waals surface area contributed by atoms with Crippen LogP contribution in [0.2, 0.25) is 0 Å². The van der Waals surface area contributed by atoms with Crippen LogP contribution in [0.25, 0.3) is 0 Å². The van der Waals surface area contributed by atoms with Crippen molar-refractivity contribution in [1.82, 2.24) is 10.2 Å². The molecule has 4 rings (SSSR count). The lowest BCUT2D eigenvalue weighted by Crippen LogP contribution is -2.45. The molecule has 0 radical (unpaired) electrons. The van der Waals surface area contributed by atoms with Gasteiger partial charge < -0.3 is 19.7 Å². The van der Waals surface area contributed by atoms with Gasteiger partial charge in [-0.1, -0.05) is 30.3 Å². The third-order valence-electron chi connectivity index (χ3n) is 6.51. The number of benzene rings is 2. The van der Waals surface area contributed by atoms with E-state index in [1.807, 2.05) is 35.2 Å². The predicted octanol–water partition coefficient (Wildman–Crippen LogP) is 3.26. The van der Waals surface area contributed by atoms with Gasteiger partial charge in [-0.15, -0.1) is 0 Å². The molecule has 2 amide bonds. The molecule has 1 atom stereocenters. The topological polar surface area (TPSA) is 67.9 Å². The molecule has 6 heteroatoms. The van der Waals surface area contributed by atoms with Crippen LogP contribution in [0, 0.1) is 0 Å². The lowest BCUT2D eigenvalue weighted by atomic mass is 9.84. The molecular weight excluding hydrogens is 392 g/mol. The largest absolute Gasteiger partial charge is 0.493 e. The van der Waals surface area contributed by atoms with Crippen LogP contribution in [0.1, 0.15) is 42.4 Å². The predicted molar refractivity (Wildman–Crippen MR) is 118 cm³/mol. The zero-order valence-corrected chi connectivity index (χ0v) is 18.3. The van der Waals surface area contributed by atoms with Crippen LogP contribution in [0.4, 0.5) is 0 Å². The monoisotopic (exact) mass is 422 g/mol. The molecule has 2 aliphatic heterocycles. The molecule has 2 heterocycles. The summed E-state index contributed by atoms with van der Waals surface area (Å²) in [6.45, 7) is 1.27. The van der Waals surface area contributed by atoms with Gasteiger partial charge in [0.2, 0.25) is 11.8 Å². The quantitative estimate of drug-likeness (QED) is 0.744. The van der Waals surface area contributed by atoms with Gasteiger partial charge in [-0.05, 0) is 54.5 Å². The summed E-state index contributed by atoms with van der Waals surface area (Å²) >= 11 is 0. The highest BCUT2D eigenvalue weighted by Crippen LogP contribution is 2.34. The van der Waals surface area contributed by atoms with Gasteiger partial charge >= 0.3 is 0 Å². The SMILES string of the molecule is COc1cc2c(cc1OC)CN(C(=O)CC[C@]1(Cc3ccccc3)CCC(=O)N1)CC2. The van der Waals surface area contributed by atoms with E-state index in [0.29, 0.717) is 38.1 Å². The summed E-state index contributed by atoms with van der Waals surface area (Å²) < 4.78 is 10.8. The fourth-order valence-corrected chi connectivity index (χ4v) is 4.77. The number of nitrogens with zero attached hydrogens (tertiary/aromatic N) is 1. The molecule has 0 bridgehead atoms. The van der Waals surface area contributed by atoms with Gasteiger partial charge in [0.15, 0.2) is 11.5 Å². The molecule has 2 aliphatic rings. The molecule has 6 nitrogen and oxygen atoms in total. The van der Waals surface area contributed by atoms with E-state index in [9.17, 15) is 9.59 Å². The van der Waals surface area contributed by atoms with Gasteiger partial charge in [-0.3, -0.25) is 9.59 Å². The Morgan fingerprint density at radius 1 is 1.06 bits per heavy atom. The first-order valence-corrected chi connectivity index (χ1v) is 10.9. The number of nitrogens with one attached hydrogen (secondary N) is 1. The molecule has 2 aromatic rings. The van der Waals surface area contributed by atoms with Crippen LogP contribution in [0.3, 0.4) is 0 Å². The standard InChI is InChI=1S/C25H30N2O4/c1-30-21-14-19-10-13-27(17-20(19)15-22(21)31-2)24(29)9-12-25(11-8-23(28)26-25)16-18-6-4-3-5-7-18/h3-7,14-15H,8-13,16-17H2,1-2H3,(H,26,28)/t25-/m0/s1. The molecule has 1 N–H and O–H groups in total. The second-order valence-corrected chi connectivity index (χ2v) is 8.53. The van der Waals surface area contributed by atoms with Crippen molar-refractivity contribution in [2.75, 3.05) is 20.8 Å². The average molecular weight is 423 g/mol. The summed E-state index contributed by atoms with van der Waals surface area (Å²) in [7, 11) is 3.26. The lowest BCUT2D eigenvalue weighted by Gasteiger charge is -2.33. The Kier molecular flexibility index (Phi) is 6.16. The molecule has 0 unspecified atom stereocenters. The van der Waals surface area contributed by atoms with E-state index in [1.165, 1.54) is 11.1 Å². The molecule has 1 fully saturated rings. The fraction of sp³-hybridized carbons (Fsp3) is 0.440. The Bertz CT molecular complexity index is 959. The zero-order chi connectivity index (χ0) is 21.8. The molecule has 0 spiro atoms. The summed E-state index contributed by atoms with van der Waals surface area (Å²) in [5.74, 6) is 1.62. The third-order valence-corrected chi connectivity index (χ3v) is 6.51. The Hall–Kier alpha value is -3.02. The molecule has 1 saturated heterocycles. The van der Waals surface area contributed by atoms with Gasteiger partial charge in [0, 0.05) is 31.5 Å². The van der Waals surface area contributed by atoms with Crippen LogP contribution in [0.15, 0.2) is 42.5 Å². The summed E-state index contributed by atoms with van der Waals surface area (Å²) in [5, 5.41) is 3.18. The van der Waals surface area contributed by atoms with Gasteiger partial charge in [0.05, 0.1) is 14.2 Å². The van der Waals surface area contributed by atoms with Gasteiger partial charge in [0.25, 0.3) is 0 Å². The minimum atomic E-state index is -0.335. The molecule has 0 aliphatic carbocycles. The van der Waals surface area contributed by atoms with E-state index in [0.717, 1.165) is 30.6 Å². The van der Waals surface area contributed by atoms with E-state index in [-0.39, 0.29) is 17.4 Å². The third kappa shape index (κ3) is 4.68. The number of hydrogen-bond donors (Lipinski definition) is 1. The molecular formula is C25H30N2O4. The number of amides is 2. The first kappa shape index (κ1) is 21.2. The molecule has 0 saturated carbocycles. The number of ether oxygens (including phenoxy) is 2. The highest BCUT2D eigenvalue weighted by molar-refractivity contribution is 5.80. The summed E-state index contributed by atoms with van der Waals surface area (Å²) in [6.07, 6.45) is 3.94. The van der Waals surface area contributed by atoms with Crippen molar-refractivity contribution in [3.8, 4) is 11.5 Å². The Balaban J connectivity index is 1.42. The van der Waals surface area contributed by atoms with Gasteiger partial charge in [-0.2, -0.15) is 0 Å². The Morgan fingerprint density at radius 2 is 1.77 bits per heavy atom. The van der Waals surface area contributed by atoms with E-state index < -0.39 is 0 Å². The average Bonchev–Trinajstić information content (AvgIpc) is 3.17. The summed E-state index contributed by atoms with van der Waals surface area (Å²) in [5.41, 5.74) is 3.15. The van der Waals surface area contributed by atoms with Crippen LogP contribution < -0.4 is 14.8 Å². The van der Waals surface area contributed by atoms with E-state index in [1.54, 1.807) is 14.2 Å². The molecule has 164 valence electrons. The van der Waals surface area contributed by atoms with Crippen molar-refractivity contribution in [1.29, 1.82) is 0 Å². The van der Waals surface area contributed by atoms with Crippen molar-refractivity contribution >= 4 is 11.8 Å². The summed E-state index contributed by atoms with van der Waals surface area (Å²) in [6, 6.07) is 14.2. The van der Waals surface area contributed by atoms with E-state index in [2.05, 4.69) is 17.4 Å². The second-order valence-electron chi connectivity index (χ2n) is 8.53. The number of methoxy groups -OCH3 is 2. The van der Waals surface area contributed by atoms with Crippen molar-refractivity contribution in [2.24, 2.45) is 0 Å². The normalized spacial score (nSPS) is 20.2. The maximum absolute atomic E-state index is 13.1. The first-order valence-electron chi connectivity index (χ1n) is 10.9. The zero-order valence-electron chi connectivity index (χ0n) is 18.3. The van der Waals surface area contributed by atoms with Crippen LogP contribution in [-0.2, 0) is 29.0 Å². The van der Waals surface area contributed by atoms with Crippen molar-refractivity contribution in [3.63, 3.8) is 0 Å². The van der Waals surface area contributed by atoms with Gasteiger partial charge in [-0.25, -0.2) is 0 Å². The molecule has 2 aromatic carbocycles. The van der Waals surface area contributed by atoms with Crippen LogP contribution in [-0.4, -0.2) is 43.0 Å². The summed E-state index contributed by atoms with van der Waals surface area (Å²) in [4.78, 5) is 27.0. The number of carbonyl (C=O) groups is 2. The van der Waals surface area contributed by atoms with Crippen molar-refractivity contribution < 1.29 is 19.1 Å². The minimum absolute atomic E-state index is 0.0799. The van der Waals surface area contributed by atoms with E-state index >= 15 is 0 Å². The first-order chi connectivity index (χ1) is 15.0. The Morgan fingerprint density at radius 3 is 2.42 bits per heavy atom. The highest BCUT2D eigenvalue weighted by atomic mass is 16.5. The minimum Gasteiger partial charge on any atom is -0.493 e. The number of hydrogen-bond acceptors (Lipinski definition) is 4. The van der Waals surface area contributed by atoms with Crippen LogP contribution >= 0.6 is 0 Å². The number of rotatable bonds is 7. The maximum atomic E-state index is 13.1. The second kappa shape index (κ2) is 9.00. The van der Waals surface area contributed by atoms with E-state index in [4.69, 9.17) is 9.47 Å².